The van der Waals surface area contributed by atoms with Crippen LogP contribution in [0, 0.1) is 0 Å². The number of hydrogen-bond donors (Lipinski definition) is 2. The van der Waals surface area contributed by atoms with Crippen molar-refractivity contribution in [1.29, 1.82) is 0 Å². The lowest BCUT2D eigenvalue weighted by Gasteiger charge is -2.17. The predicted octanol–water partition coefficient (Wildman–Crippen LogP) is 4.14. The van der Waals surface area contributed by atoms with Crippen LogP contribution in [0.3, 0.4) is 0 Å². The second kappa shape index (κ2) is 6.77. The number of carboxylic acid groups (broad SMARTS) is 1. The van der Waals surface area contributed by atoms with E-state index in [0.29, 0.717) is 11.1 Å². The van der Waals surface area contributed by atoms with Crippen molar-refractivity contribution in [3.05, 3.63) is 72.3 Å². The largest absolute Gasteiger partial charge is 0.480 e. The van der Waals surface area contributed by atoms with Crippen LogP contribution in [0.2, 0.25) is 0 Å². The standard InChI is InChI=1S/C21H19NO3/c1-13(2)11-18(21(24)25)22-20(23)19-16-9-5-3-7-14(16)12-15-8-4-6-10-17(15)19/h3-10,12,18H,1,11H2,2H3,(H,22,23)(H,24,25)/t18-/m1/s1. The highest BCUT2D eigenvalue weighted by atomic mass is 16.4. The van der Waals surface area contributed by atoms with Gasteiger partial charge < -0.3 is 10.4 Å². The molecule has 0 aromatic heterocycles. The number of carboxylic acids is 1. The van der Waals surface area contributed by atoms with Crippen LogP contribution in [-0.2, 0) is 4.79 Å². The maximum atomic E-state index is 13.0. The molecular formula is C21H19NO3. The van der Waals surface area contributed by atoms with Crippen molar-refractivity contribution in [3.63, 3.8) is 0 Å². The molecular weight excluding hydrogens is 314 g/mol. The fourth-order valence-corrected chi connectivity index (χ4v) is 3.04. The van der Waals surface area contributed by atoms with Crippen LogP contribution in [0.15, 0.2) is 66.7 Å². The Balaban J connectivity index is 2.13. The maximum Gasteiger partial charge on any atom is 0.326 e. The zero-order valence-corrected chi connectivity index (χ0v) is 14.0. The summed E-state index contributed by atoms with van der Waals surface area (Å²) in [5, 5.41) is 15.5. The van der Waals surface area contributed by atoms with Gasteiger partial charge in [0.1, 0.15) is 6.04 Å². The number of aliphatic carboxylic acids is 1. The average Bonchev–Trinajstić information content (AvgIpc) is 2.58. The molecule has 3 aromatic carbocycles. The van der Waals surface area contributed by atoms with Crippen molar-refractivity contribution in [2.24, 2.45) is 0 Å². The molecule has 0 aliphatic carbocycles. The monoisotopic (exact) mass is 333 g/mol. The molecule has 3 aromatic rings. The molecule has 2 N–H and O–H groups in total. The SMILES string of the molecule is C=C(C)C[C@@H](NC(=O)c1c2ccccc2cc2ccccc12)C(=O)O. The smallest absolute Gasteiger partial charge is 0.326 e. The summed E-state index contributed by atoms with van der Waals surface area (Å²) >= 11 is 0. The quantitative estimate of drug-likeness (QED) is 0.545. The van der Waals surface area contributed by atoms with Gasteiger partial charge in [-0.25, -0.2) is 4.79 Å². The lowest BCUT2D eigenvalue weighted by molar-refractivity contribution is -0.139. The van der Waals surface area contributed by atoms with Crippen LogP contribution in [0.4, 0.5) is 0 Å². The molecule has 0 bridgehead atoms. The van der Waals surface area contributed by atoms with Crippen LogP contribution in [0.1, 0.15) is 23.7 Å². The van der Waals surface area contributed by atoms with Crippen molar-refractivity contribution in [3.8, 4) is 0 Å². The van der Waals surface area contributed by atoms with Gasteiger partial charge in [0.15, 0.2) is 0 Å². The molecule has 25 heavy (non-hydrogen) atoms. The fraction of sp³-hybridized carbons (Fsp3) is 0.143. The summed E-state index contributed by atoms with van der Waals surface area (Å²) in [6.45, 7) is 5.49. The van der Waals surface area contributed by atoms with Crippen LogP contribution in [0.25, 0.3) is 21.5 Å². The minimum Gasteiger partial charge on any atom is -0.480 e. The molecule has 126 valence electrons. The van der Waals surface area contributed by atoms with Crippen molar-refractivity contribution in [2.45, 2.75) is 19.4 Å². The van der Waals surface area contributed by atoms with Crippen LogP contribution in [0.5, 0.6) is 0 Å². The Bertz CT molecular complexity index is 937. The van der Waals surface area contributed by atoms with Gasteiger partial charge in [0, 0.05) is 0 Å². The van der Waals surface area contributed by atoms with Crippen molar-refractivity contribution < 1.29 is 14.7 Å². The van der Waals surface area contributed by atoms with E-state index in [1.54, 1.807) is 6.92 Å². The Labute approximate surface area is 145 Å². The number of benzene rings is 3. The van der Waals surface area contributed by atoms with Gasteiger partial charge in [-0.3, -0.25) is 4.79 Å². The molecule has 0 unspecified atom stereocenters. The molecule has 4 nitrogen and oxygen atoms in total. The van der Waals surface area contributed by atoms with Gasteiger partial charge in [-0.05, 0) is 41.0 Å². The molecule has 3 rings (SSSR count). The first-order valence-corrected chi connectivity index (χ1v) is 8.06. The molecule has 0 saturated heterocycles. The zero-order chi connectivity index (χ0) is 18.0. The van der Waals surface area contributed by atoms with Gasteiger partial charge in [-0.2, -0.15) is 0 Å². The molecule has 0 heterocycles. The van der Waals surface area contributed by atoms with Gasteiger partial charge >= 0.3 is 5.97 Å². The number of carbonyl (C=O) groups excluding carboxylic acids is 1. The van der Waals surface area contributed by atoms with E-state index >= 15 is 0 Å². The molecule has 1 atom stereocenters. The maximum absolute atomic E-state index is 13.0. The van der Waals surface area contributed by atoms with Crippen LogP contribution in [-0.4, -0.2) is 23.0 Å². The third-order valence-electron chi connectivity index (χ3n) is 4.15. The summed E-state index contributed by atoms with van der Waals surface area (Å²) in [6.07, 6.45) is 0.198. The average molecular weight is 333 g/mol. The number of amides is 1. The zero-order valence-electron chi connectivity index (χ0n) is 14.0. The second-order valence-electron chi connectivity index (χ2n) is 6.22. The Hall–Kier alpha value is -3.14. The molecule has 0 fully saturated rings. The number of hydrogen-bond acceptors (Lipinski definition) is 2. The molecule has 0 saturated carbocycles. The number of nitrogens with one attached hydrogen (secondary N) is 1. The number of carbonyl (C=O) groups is 2. The third-order valence-corrected chi connectivity index (χ3v) is 4.15. The van der Waals surface area contributed by atoms with Gasteiger partial charge in [-0.15, -0.1) is 6.58 Å². The summed E-state index contributed by atoms with van der Waals surface area (Å²) in [7, 11) is 0. The number of rotatable bonds is 5. The van der Waals surface area contributed by atoms with Gasteiger partial charge in [-0.1, -0.05) is 54.1 Å². The van der Waals surface area contributed by atoms with E-state index in [4.69, 9.17) is 0 Å². The molecule has 0 aliphatic heterocycles. The predicted molar refractivity (Wildman–Crippen MR) is 99.8 cm³/mol. The second-order valence-corrected chi connectivity index (χ2v) is 6.22. The molecule has 0 spiro atoms. The highest BCUT2D eigenvalue weighted by molar-refractivity contribution is 6.18. The van der Waals surface area contributed by atoms with Gasteiger partial charge in [0.25, 0.3) is 5.91 Å². The van der Waals surface area contributed by atoms with E-state index in [0.717, 1.165) is 21.5 Å². The first-order chi connectivity index (χ1) is 12.0. The number of fused-ring (bicyclic) bond motifs is 2. The first kappa shape index (κ1) is 16.7. The molecule has 4 heteroatoms. The lowest BCUT2D eigenvalue weighted by atomic mass is 9.96. The van der Waals surface area contributed by atoms with E-state index in [9.17, 15) is 14.7 Å². The Morgan fingerprint density at radius 1 is 1.04 bits per heavy atom. The van der Waals surface area contributed by atoms with E-state index in [1.165, 1.54) is 0 Å². The van der Waals surface area contributed by atoms with Gasteiger partial charge in [0.2, 0.25) is 0 Å². The van der Waals surface area contributed by atoms with Crippen molar-refractivity contribution in [1.82, 2.24) is 5.32 Å². The first-order valence-electron chi connectivity index (χ1n) is 8.06. The van der Waals surface area contributed by atoms with Gasteiger partial charge in [0.05, 0.1) is 5.56 Å². The molecule has 0 aliphatic rings. The minimum atomic E-state index is -1.07. The summed E-state index contributed by atoms with van der Waals surface area (Å²) in [6, 6.07) is 16.3. The summed E-state index contributed by atoms with van der Waals surface area (Å²) in [5.41, 5.74) is 1.21. The highest BCUT2D eigenvalue weighted by Crippen LogP contribution is 2.28. The Morgan fingerprint density at radius 3 is 2.04 bits per heavy atom. The Kier molecular flexibility index (Phi) is 4.52. The third kappa shape index (κ3) is 3.38. The summed E-state index contributed by atoms with van der Waals surface area (Å²) in [5.74, 6) is -1.46. The minimum absolute atomic E-state index is 0.198. The topological polar surface area (TPSA) is 66.4 Å². The van der Waals surface area contributed by atoms with Crippen molar-refractivity contribution >= 4 is 33.4 Å². The normalized spacial score (nSPS) is 12.0. The van der Waals surface area contributed by atoms with E-state index in [1.807, 2.05) is 54.6 Å². The van der Waals surface area contributed by atoms with E-state index in [2.05, 4.69) is 11.9 Å². The molecule has 1 amide bonds. The van der Waals surface area contributed by atoms with Crippen molar-refractivity contribution in [2.75, 3.05) is 0 Å². The summed E-state index contributed by atoms with van der Waals surface area (Å²) < 4.78 is 0. The highest BCUT2D eigenvalue weighted by Gasteiger charge is 2.23. The van der Waals surface area contributed by atoms with Crippen LogP contribution < -0.4 is 5.32 Å². The fourth-order valence-electron chi connectivity index (χ4n) is 3.04. The van der Waals surface area contributed by atoms with Crippen LogP contribution >= 0.6 is 0 Å². The summed E-state index contributed by atoms with van der Waals surface area (Å²) in [4.78, 5) is 24.4. The lowest BCUT2D eigenvalue weighted by Crippen LogP contribution is -2.41. The van der Waals surface area contributed by atoms with E-state index in [-0.39, 0.29) is 12.3 Å². The Morgan fingerprint density at radius 2 is 1.56 bits per heavy atom. The molecule has 0 radical (unpaired) electrons. The van der Waals surface area contributed by atoms with E-state index < -0.39 is 12.0 Å².